The van der Waals surface area contributed by atoms with Crippen LogP contribution in [-0.2, 0) is 13.1 Å². The molecule has 5 nitrogen and oxygen atoms in total. The lowest BCUT2D eigenvalue weighted by molar-refractivity contribution is 0.311. The molecule has 20 heavy (non-hydrogen) atoms. The van der Waals surface area contributed by atoms with E-state index in [9.17, 15) is 0 Å². The van der Waals surface area contributed by atoms with Gasteiger partial charge in [0.05, 0.1) is 7.11 Å². The molecule has 0 spiro atoms. The summed E-state index contributed by atoms with van der Waals surface area (Å²) >= 11 is 0. The summed E-state index contributed by atoms with van der Waals surface area (Å²) in [5.74, 6) is 1.48. The summed E-state index contributed by atoms with van der Waals surface area (Å²) in [4.78, 5) is 2.29. The summed E-state index contributed by atoms with van der Waals surface area (Å²) in [7, 11) is 3.82. The van der Waals surface area contributed by atoms with Crippen LogP contribution in [-0.4, -0.2) is 35.4 Å². The first-order valence-electron chi connectivity index (χ1n) is 6.78. The third kappa shape index (κ3) is 4.28. The molecule has 0 aliphatic rings. The summed E-state index contributed by atoms with van der Waals surface area (Å²) in [6.45, 7) is 2.81. The van der Waals surface area contributed by atoms with Crippen molar-refractivity contribution in [2.75, 3.05) is 26.4 Å². The maximum Gasteiger partial charge on any atom is 0.145 e. The van der Waals surface area contributed by atoms with Crippen LogP contribution in [0.15, 0.2) is 36.5 Å². The number of hydrogen-bond acceptors (Lipinski definition) is 4. The number of ether oxygens (including phenoxy) is 1. The van der Waals surface area contributed by atoms with Crippen molar-refractivity contribution >= 4 is 5.82 Å². The standard InChI is InChI=1S/C15H22N4O/c1-18(8-4-9-19-10-7-15(16)17-19)12-13-5-3-6-14(11-13)20-2/h3,5-7,10-11H,4,8-9,12H2,1-2H3,(H2,16,17). The van der Waals surface area contributed by atoms with Crippen molar-refractivity contribution in [1.82, 2.24) is 14.7 Å². The molecule has 0 saturated heterocycles. The largest absolute Gasteiger partial charge is 0.497 e. The SMILES string of the molecule is COc1cccc(CN(C)CCCn2ccc(N)n2)c1. The van der Waals surface area contributed by atoms with Crippen LogP contribution < -0.4 is 10.5 Å². The van der Waals surface area contributed by atoms with Crippen molar-refractivity contribution in [1.29, 1.82) is 0 Å². The number of benzene rings is 1. The molecule has 0 amide bonds. The maximum absolute atomic E-state index is 5.59. The van der Waals surface area contributed by atoms with Gasteiger partial charge in [-0.1, -0.05) is 12.1 Å². The molecule has 0 unspecified atom stereocenters. The molecular weight excluding hydrogens is 252 g/mol. The van der Waals surface area contributed by atoms with Crippen LogP contribution in [0.1, 0.15) is 12.0 Å². The maximum atomic E-state index is 5.59. The molecule has 0 aliphatic heterocycles. The Morgan fingerprint density at radius 1 is 1.35 bits per heavy atom. The van der Waals surface area contributed by atoms with E-state index in [4.69, 9.17) is 10.5 Å². The van der Waals surface area contributed by atoms with Gasteiger partial charge in [-0.05, 0) is 43.8 Å². The highest BCUT2D eigenvalue weighted by Gasteiger charge is 2.02. The second kappa shape index (κ2) is 6.96. The van der Waals surface area contributed by atoms with E-state index in [1.165, 1.54) is 5.56 Å². The minimum Gasteiger partial charge on any atom is -0.497 e. The van der Waals surface area contributed by atoms with E-state index >= 15 is 0 Å². The molecule has 0 aliphatic carbocycles. The van der Waals surface area contributed by atoms with E-state index in [0.29, 0.717) is 5.82 Å². The number of aromatic nitrogens is 2. The monoisotopic (exact) mass is 274 g/mol. The smallest absolute Gasteiger partial charge is 0.145 e. The van der Waals surface area contributed by atoms with Gasteiger partial charge in [0.1, 0.15) is 11.6 Å². The summed E-state index contributed by atoms with van der Waals surface area (Å²) in [6.07, 6.45) is 2.96. The predicted octanol–water partition coefficient (Wildman–Crippen LogP) is 2.00. The fourth-order valence-electron chi connectivity index (χ4n) is 2.17. The Hall–Kier alpha value is -2.01. The zero-order chi connectivity index (χ0) is 14.4. The van der Waals surface area contributed by atoms with Gasteiger partial charge in [0.15, 0.2) is 0 Å². The predicted molar refractivity (Wildman–Crippen MR) is 80.6 cm³/mol. The first-order chi connectivity index (χ1) is 9.67. The Labute approximate surface area is 119 Å². The molecule has 1 heterocycles. The van der Waals surface area contributed by atoms with Gasteiger partial charge in [-0.2, -0.15) is 5.10 Å². The Balaban J connectivity index is 1.75. The minimum absolute atomic E-state index is 0.578. The van der Waals surface area contributed by atoms with Gasteiger partial charge in [-0.25, -0.2) is 0 Å². The molecule has 0 radical (unpaired) electrons. The third-order valence-corrected chi connectivity index (χ3v) is 3.17. The van der Waals surface area contributed by atoms with Gasteiger partial charge in [0, 0.05) is 19.3 Å². The number of nitrogens with zero attached hydrogens (tertiary/aromatic N) is 3. The number of methoxy groups -OCH3 is 1. The van der Waals surface area contributed by atoms with E-state index < -0.39 is 0 Å². The molecule has 2 rings (SSSR count). The lowest BCUT2D eigenvalue weighted by atomic mass is 10.2. The number of anilines is 1. The van der Waals surface area contributed by atoms with Gasteiger partial charge in [-0.3, -0.25) is 4.68 Å². The number of nitrogen functional groups attached to an aromatic ring is 1. The van der Waals surface area contributed by atoms with E-state index in [2.05, 4.69) is 29.2 Å². The van der Waals surface area contributed by atoms with Crippen LogP contribution in [0.5, 0.6) is 5.75 Å². The Kier molecular flexibility index (Phi) is 5.01. The molecule has 0 fully saturated rings. The van der Waals surface area contributed by atoms with Gasteiger partial charge >= 0.3 is 0 Å². The van der Waals surface area contributed by atoms with Crippen LogP contribution in [0.2, 0.25) is 0 Å². The van der Waals surface area contributed by atoms with Crippen LogP contribution in [0, 0.1) is 0 Å². The zero-order valence-electron chi connectivity index (χ0n) is 12.1. The van der Waals surface area contributed by atoms with Crippen molar-refractivity contribution in [2.24, 2.45) is 0 Å². The Morgan fingerprint density at radius 3 is 2.90 bits per heavy atom. The van der Waals surface area contributed by atoms with Crippen molar-refractivity contribution in [2.45, 2.75) is 19.5 Å². The molecular formula is C15H22N4O. The molecule has 1 aromatic carbocycles. The van der Waals surface area contributed by atoms with Gasteiger partial charge in [0.25, 0.3) is 0 Å². The summed E-state index contributed by atoms with van der Waals surface area (Å²) in [6, 6.07) is 10.00. The second-order valence-corrected chi connectivity index (χ2v) is 4.95. The summed E-state index contributed by atoms with van der Waals surface area (Å²) in [5, 5.41) is 4.17. The zero-order valence-corrected chi connectivity index (χ0v) is 12.1. The first kappa shape index (κ1) is 14.4. The number of rotatable bonds is 7. The highest BCUT2D eigenvalue weighted by molar-refractivity contribution is 5.28. The topological polar surface area (TPSA) is 56.3 Å². The van der Waals surface area contributed by atoms with Crippen LogP contribution in [0.25, 0.3) is 0 Å². The lowest BCUT2D eigenvalue weighted by Gasteiger charge is -2.17. The minimum atomic E-state index is 0.578. The highest BCUT2D eigenvalue weighted by Crippen LogP contribution is 2.13. The summed E-state index contributed by atoms with van der Waals surface area (Å²) < 4.78 is 7.12. The molecule has 0 saturated carbocycles. The van der Waals surface area contributed by atoms with E-state index in [1.807, 2.05) is 29.1 Å². The van der Waals surface area contributed by atoms with Crippen LogP contribution in [0.4, 0.5) is 5.82 Å². The van der Waals surface area contributed by atoms with Gasteiger partial charge < -0.3 is 15.4 Å². The summed E-state index contributed by atoms with van der Waals surface area (Å²) in [5.41, 5.74) is 6.84. The molecule has 108 valence electrons. The molecule has 2 aromatic rings. The average Bonchev–Trinajstić information content (AvgIpc) is 2.84. The fraction of sp³-hybridized carbons (Fsp3) is 0.400. The normalized spacial score (nSPS) is 10.9. The number of aryl methyl sites for hydroxylation is 1. The molecule has 1 aromatic heterocycles. The van der Waals surface area contributed by atoms with E-state index in [-0.39, 0.29) is 0 Å². The molecule has 0 bridgehead atoms. The Morgan fingerprint density at radius 2 is 2.20 bits per heavy atom. The van der Waals surface area contributed by atoms with Crippen LogP contribution >= 0.6 is 0 Å². The van der Waals surface area contributed by atoms with E-state index in [0.717, 1.165) is 31.8 Å². The average molecular weight is 274 g/mol. The third-order valence-electron chi connectivity index (χ3n) is 3.17. The fourth-order valence-corrected chi connectivity index (χ4v) is 2.17. The van der Waals surface area contributed by atoms with Gasteiger partial charge in [0.2, 0.25) is 0 Å². The quantitative estimate of drug-likeness (QED) is 0.839. The number of nitrogens with two attached hydrogens (primary N) is 1. The van der Waals surface area contributed by atoms with E-state index in [1.54, 1.807) is 7.11 Å². The molecule has 2 N–H and O–H groups in total. The van der Waals surface area contributed by atoms with Crippen molar-refractivity contribution in [3.63, 3.8) is 0 Å². The van der Waals surface area contributed by atoms with Crippen molar-refractivity contribution in [3.05, 3.63) is 42.1 Å². The number of hydrogen-bond donors (Lipinski definition) is 1. The molecule has 0 atom stereocenters. The Bertz CT molecular complexity index is 538. The second-order valence-electron chi connectivity index (χ2n) is 4.95. The first-order valence-corrected chi connectivity index (χ1v) is 6.78. The molecule has 5 heteroatoms. The lowest BCUT2D eigenvalue weighted by Crippen LogP contribution is -2.20. The van der Waals surface area contributed by atoms with Crippen LogP contribution in [0.3, 0.4) is 0 Å². The van der Waals surface area contributed by atoms with Gasteiger partial charge in [-0.15, -0.1) is 0 Å². The van der Waals surface area contributed by atoms with Crippen molar-refractivity contribution in [3.8, 4) is 5.75 Å². The highest BCUT2D eigenvalue weighted by atomic mass is 16.5. The van der Waals surface area contributed by atoms with Crippen molar-refractivity contribution < 1.29 is 4.74 Å².